The second-order valence-corrected chi connectivity index (χ2v) is 3.21. The predicted molar refractivity (Wildman–Crippen MR) is 52.0 cm³/mol. The van der Waals surface area contributed by atoms with E-state index >= 15 is 0 Å². The molecule has 2 nitrogen and oxygen atoms in total. The summed E-state index contributed by atoms with van der Waals surface area (Å²) in [6, 6.07) is 10.1. The molecule has 0 aromatic heterocycles. The Bertz CT molecular complexity index is 354. The number of carbonyl (C=O) groups excluding carboxylic acids is 1. The van der Waals surface area contributed by atoms with Crippen LogP contribution in [0.4, 0.5) is 0 Å². The van der Waals surface area contributed by atoms with Crippen LogP contribution >= 0.6 is 0 Å². The molecule has 1 heterocycles. The Kier molecular flexibility index (Phi) is 1.89. The third-order valence-electron chi connectivity index (χ3n) is 2.20. The number of carbonyl (C=O) groups is 1. The van der Waals surface area contributed by atoms with Crippen LogP contribution in [0.2, 0.25) is 0 Å². The van der Waals surface area contributed by atoms with E-state index in [0.717, 1.165) is 11.1 Å². The summed E-state index contributed by atoms with van der Waals surface area (Å²) in [5.74, 6) is 0.0522. The topological polar surface area (TPSA) is 29.1 Å². The van der Waals surface area contributed by atoms with Crippen LogP contribution in [-0.2, 0) is 4.79 Å². The zero-order valence-electron chi connectivity index (χ0n) is 7.45. The van der Waals surface area contributed by atoms with Gasteiger partial charge in [0.2, 0.25) is 5.91 Å². The molecule has 1 fully saturated rings. The summed E-state index contributed by atoms with van der Waals surface area (Å²) in [4.78, 5) is 11.1. The Labute approximate surface area is 77.3 Å². The highest BCUT2D eigenvalue weighted by Crippen LogP contribution is 2.16. The van der Waals surface area contributed by atoms with E-state index in [2.05, 4.69) is 5.32 Å². The lowest BCUT2D eigenvalue weighted by atomic mass is 9.97. The number of hydrogen-bond donors (Lipinski definition) is 1. The number of β-lactam (4-membered cyclic amide) rings is 1. The molecule has 0 aliphatic carbocycles. The van der Waals surface area contributed by atoms with Crippen LogP contribution in [0.5, 0.6) is 0 Å². The van der Waals surface area contributed by atoms with Gasteiger partial charge in [0.25, 0.3) is 0 Å². The van der Waals surface area contributed by atoms with Crippen molar-refractivity contribution in [2.24, 2.45) is 0 Å². The third kappa shape index (κ3) is 1.47. The van der Waals surface area contributed by atoms with E-state index in [1.807, 2.05) is 43.3 Å². The summed E-state index contributed by atoms with van der Waals surface area (Å²) in [6.07, 6.45) is 1.93. The fourth-order valence-corrected chi connectivity index (χ4v) is 1.40. The molecule has 1 aromatic carbocycles. The van der Waals surface area contributed by atoms with E-state index in [4.69, 9.17) is 0 Å². The normalized spacial score (nSPS) is 23.9. The van der Waals surface area contributed by atoms with E-state index in [9.17, 15) is 4.79 Å². The van der Waals surface area contributed by atoms with Crippen molar-refractivity contribution in [3.05, 3.63) is 41.5 Å². The fraction of sp³-hybridized carbons (Fsp3) is 0.182. The van der Waals surface area contributed by atoms with Gasteiger partial charge in [0.15, 0.2) is 0 Å². The second-order valence-electron chi connectivity index (χ2n) is 3.21. The van der Waals surface area contributed by atoms with Crippen LogP contribution in [0, 0.1) is 0 Å². The summed E-state index contributed by atoms with van der Waals surface area (Å²) >= 11 is 0. The van der Waals surface area contributed by atoms with Gasteiger partial charge in [-0.3, -0.25) is 4.79 Å². The van der Waals surface area contributed by atoms with Gasteiger partial charge in [-0.2, -0.15) is 0 Å². The van der Waals surface area contributed by atoms with E-state index < -0.39 is 0 Å². The largest absolute Gasteiger partial charge is 0.346 e. The lowest BCUT2D eigenvalue weighted by molar-refractivity contribution is -0.121. The summed E-state index contributed by atoms with van der Waals surface area (Å²) in [5.41, 5.74) is 1.95. The molecule has 0 spiro atoms. The number of hydrogen-bond acceptors (Lipinski definition) is 1. The Morgan fingerprint density at radius 2 is 2.00 bits per heavy atom. The Morgan fingerprint density at radius 1 is 1.31 bits per heavy atom. The molecule has 1 aliphatic rings. The fourth-order valence-electron chi connectivity index (χ4n) is 1.40. The van der Waals surface area contributed by atoms with Crippen LogP contribution in [-0.4, -0.2) is 11.9 Å². The molecule has 0 saturated carbocycles. The van der Waals surface area contributed by atoms with E-state index in [1.165, 1.54) is 0 Å². The highest BCUT2D eigenvalue weighted by atomic mass is 16.2. The molecule has 2 rings (SSSR count). The van der Waals surface area contributed by atoms with E-state index in [-0.39, 0.29) is 11.9 Å². The Hall–Kier alpha value is -1.57. The SMILES string of the molecule is C[C@@H]1NC(=O)/C1=C/c1ccccc1. The van der Waals surface area contributed by atoms with Crippen molar-refractivity contribution in [2.45, 2.75) is 13.0 Å². The van der Waals surface area contributed by atoms with Gasteiger partial charge in [0.1, 0.15) is 0 Å². The summed E-state index contributed by atoms with van der Waals surface area (Å²) in [7, 11) is 0. The van der Waals surface area contributed by atoms with Gasteiger partial charge in [-0.05, 0) is 18.6 Å². The van der Waals surface area contributed by atoms with E-state index in [0.29, 0.717) is 0 Å². The summed E-state index contributed by atoms with van der Waals surface area (Å²) in [6.45, 7) is 1.98. The van der Waals surface area contributed by atoms with Crippen LogP contribution in [0.3, 0.4) is 0 Å². The lowest BCUT2D eigenvalue weighted by Gasteiger charge is -2.26. The molecule has 1 saturated heterocycles. The van der Waals surface area contributed by atoms with Crippen molar-refractivity contribution in [1.82, 2.24) is 5.32 Å². The van der Waals surface area contributed by atoms with Gasteiger partial charge in [0, 0.05) is 5.57 Å². The lowest BCUT2D eigenvalue weighted by Crippen LogP contribution is -2.49. The zero-order valence-corrected chi connectivity index (χ0v) is 7.45. The first-order chi connectivity index (χ1) is 6.27. The first-order valence-electron chi connectivity index (χ1n) is 4.35. The Morgan fingerprint density at radius 3 is 2.54 bits per heavy atom. The third-order valence-corrected chi connectivity index (χ3v) is 2.20. The highest BCUT2D eigenvalue weighted by molar-refractivity contribution is 6.05. The smallest absolute Gasteiger partial charge is 0.249 e. The predicted octanol–water partition coefficient (Wildman–Crippen LogP) is 1.59. The second kappa shape index (κ2) is 3.05. The van der Waals surface area contributed by atoms with Gasteiger partial charge in [0.05, 0.1) is 6.04 Å². The molecule has 0 bridgehead atoms. The first kappa shape index (κ1) is 8.05. The van der Waals surface area contributed by atoms with Gasteiger partial charge in [-0.25, -0.2) is 0 Å². The highest BCUT2D eigenvalue weighted by Gasteiger charge is 2.27. The van der Waals surface area contributed by atoms with Crippen LogP contribution in [0.15, 0.2) is 35.9 Å². The molecule has 66 valence electrons. The molecule has 1 N–H and O–H groups in total. The van der Waals surface area contributed by atoms with E-state index in [1.54, 1.807) is 0 Å². The molecule has 1 aromatic rings. The molecular formula is C11H11NO. The minimum Gasteiger partial charge on any atom is -0.346 e. The average molecular weight is 173 g/mol. The standard InChI is InChI=1S/C11H11NO/c1-8-10(11(13)12-8)7-9-5-3-2-4-6-9/h2-8H,1H3,(H,12,13)/b10-7+/t8-/m0/s1. The Balaban J connectivity index is 2.26. The number of benzene rings is 1. The number of amides is 1. The quantitative estimate of drug-likeness (QED) is 0.507. The van der Waals surface area contributed by atoms with Crippen molar-refractivity contribution >= 4 is 12.0 Å². The maximum absolute atomic E-state index is 11.1. The molecule has 0 unspecified atom stereocenters. The maximum Gasteiger partial charge on any atom is 0.249 e. The number of nitrogens with one attached hydrogen (secondary N) is 1. The van der Waals surface area contributed by atoms with Gasteiger partial charge in [-0.15, -0.1) is 0 Å². The van der Waals surface area contributed by atoms with Gasteiger partial charge < -0.3 is 5.32 Å². The first-order valence-corrected chi connectivity index (χ1v) is 4.35. The zero-order chi connectivity index (χ0) is 9.26. The van der Waals surface area contributed by atoms with Crippen LogP contribution in [0.25, 0.3) is 6.08 Å². The summed E-state index contributed by atoms with van der Waals surface area (Å²) < 4.78 is 0. The molecule has 13 heavy (non-hydrogen) atoms. The molecule has 1 aliphatic heterocycles. The molecule has 2 heteroatoms. The minimum atomic E-state index is 0.0522. The van der Waals surface area contributed by atoms with Crippen molar-refractivity contribution < 1.29 is 4.79 Å². The maximum atomic E-state index is 11.1. The van der Waals surface area contributed by atoms with Crippen molar-refractivity contribution in [1.29, 1.82) is 0 Å². The van der Waals surface area contributed by atoms with Crippen LogP contribution < -0.4 is 5.32 Å². The van der Waals surface area contributed by atoms with Crippen molar-refractivity contribution in [3.63, 3.8) is 0 Å². The number of rotatable bonds is 1. The van der Waals surface area contributed by atoms with Gasteiger partial charge >= 0.3 is 0 Å². The monoisotopic (exact) mass is 173 g/mol. The van der Waals surface area contributed by atoms with Crippen molar-refractivity contribution in [2.75, 3.05) is 0 Å². The molecule has 0 radical (unpaired) electrons. The molecular weight excluding hydrogens is 162 g/mol. The van der Waals surface area contributed by atoms with Crippen molar-refractivity contribution in [3.8, 4) is 0 Å². The molecule has 1 amide bonds. The van der Waals surface area contributed by atoms with Gasteiger partial charge in [-0.1, -0.05) is 30.3 Å². The summed E-state index contributed by atoms with van der Waals surface area (Å²) in [5, 5.41) is 2.77. The molecule has 1 atom stereocenters. The van der Waals surface area contributed by atoms with Crippen LogP contribution in [0.1, 0.15) is 12.5 Å². The average Bonchev–Trinajstić information content (AvgIpc) is 2.16. The minimum absolute atomic E-state index is 0.0522.